The van der Waals surface area contributed by atoms with E-state index in [1.165, 1.54) is 18.2 Å². The zero-order valence-corrected chi connectivity index (χ0v) is 21.0. The lowest BCUT2D eigenvalue weighted by Gasteiger charge is -2.35. The summed E-state index contributed by atoms with van der Waals surface area (Å²) in [5.41, 5.74) is 3.52. The Morgan fingerprint density at radius 2 is 1.89 bits per heavy atom. The number of hydrogen-bond acceptors (Lipinski definition) is 6. The van der Waals surface area contributed by atoms with Gasteiger partial charge in [-0.3, -0.25) is 9.59 Å². The van der Waals surface area contributed by atoms with Gasteiger partial charge < -0.3 is 19.6 Å². The summed E-state index contributed by atoms with van der Waals surface area (Å²) >= 11 is 5.87. The number of likely N-dealkylation sites (tertiary alicyclic amines) is 1. The van der Waals surface area contributed by atoms with Crippen LogP contribution in [0.15, 0.2) is 59.7 Å². The number of carbonyl (C=O) groups is 2. The fourth-order valence-electron chi connectivity index (χ4n) is 4.23. The van der Waals surface area contributed by atoms with Gasteiger partial charge >= 0.3 is 0 Å². The fraction of sp³-hybridized carbons (Fsp3) is 0.296. The molecule has 0 saturated carbocycles. The van der Waals surface area contributed by atoms with Crippen LogP contribution >= 0.6 is 11.6 Å². The van der Waals surface area contributed by atoms with Crippen LogP contribution in [0, 0.1) is 0 Å². The Morgan fingerprint density at radius 3 is 2.61 bits per heavy atom. The van der Waals surface area contributed by atoms with Gasteiger partial charge in [0.25, 0.3) is 11.8 Å². The van der Waals surface area contributed by atoms with Crippen LogP contribution in [-0.2, 0) is 4.79 Å². The number of hydrogen-bond donors (Lipinski definition) is 2. The molecule has 1 saturated heterocycles. The van der Waals surface area contributed by atoms with Crippen molar-refractivity contribution >= 4 is 40.4 Å². The Bertz CT molecular complexity index is 1290. The molecule has 36 heavy (non-hydrogen) atoms. The highest BCUT2D eigenvalue weighted by molar-refractivity contribution is 6.32. The van der Waals surface area contributed by atoms with Crippen molar-refractivity contribution < 1.29 is 19.4 Å². The zero-order chi connectivity index (χ0) is 25.7. The normalized spacial score (nSPS) is 14.8. The number of ether oxygens (including phenoxy) is 1. The van der Waals surface area contributed by atoms with Crippen LogP contribution < -0.4 is 10.2 Å². The predicted octanol–water partition coefficient (Wildman–Crippen LogP) is 3.89. The van der Waals surface area contributed by atoms with Gasteiger partial charge in [-0.15, -0.1) is 0 Å². The Morgan fingerprint density at radius 1 is 1.17 bits per heavy atom. The SMILES string of the molecule is CN1CCC(N(C)C(=O)COc2ccc(/C=N/NC(=O)c3ccc(O)c(Cl)c3)c3ccccc23)CC1. The van der Waals surface area contributed by atoms with Gasteiger partial charge in [0, 0.05) is 29.6 Å². The molecular formula is C27H29ClN4O4. The molecule has 0 atom stereocenters. The van der Waals surface area contributed by atoms with Crippen molar-refractivity contribution in [2.45, 2.75) is 18.9 Å². The maximum Gasteiger partial charge on any atom is 0.271 e. The molecule has 0 unspecified atom stereocenters. The van der Waals surface area contributed by atoms with Crippen LogP contribution in [0.5, 0.6) is 11.5 Å². The van der Waals surface area contributed by atoms with E-state index in [0.717, 1.165) is 42.3 Å². The molecular weight excluding hydrogens is 480 g/mol. The summed E-state index contributed by atoms with van der Waals surface area (Å²) in [7, 11) is 3.94. The first-order chi connectivity index (χ1) is 17.3. The highest BCUT2D eigenvalue weighted by Crippen LogP contribution is 2.28. The molecule has 0 spiro atoms. The fourth-order valence-corrected chi connectivity index (χ4v) is 4.41. The first kappa shape index (κ1) is 25.5. The summed E-state index contributed by atoms with van der Waals surface area (Å²) in [6.07, 6.45) is 3.48. The van der Waals surface area contributed by atoms with Crippen LogP contribution in [0.3, 0.4) is 0 Å². The third-order valence-corrected chi connectivity index (χ3v) is 6.78. The number of aromatic hydroxyl groups is 1. The van der Waals surface area contributed by atoms with Crippen molar-refractivity contribution in [3.8, 4) is 11.5 Å². The number of nitrogens with one attached hydrogen (secondary N) is 1. The predicted molar refractivity (Wildman–Crippen MR) is 141 cm³/mol. The lowest BCUT2D eigenvalue weighted by molar-refractivity contribution is -0.134. The summed E-state index contributed by atoms with van der Waals surface area (Å²) in [4.78, 5) is 29.2. The number of nitrogens with zero attached hydrogens (tertiary/aromatic N) is 3. The van der Waals surface area contributed by atoms with Crippen LogP contribution in [0.1, 0.15) is 28.8 Å². The number of benzene rings is 3. The zero-order valence-electron chi connectivity index (χ0n) is 20.3. The summed E-state index contributed by atoms with van der Waals surface area (Å²) < 4.78 is 5.94. The van der Waals surface area contributed by atoms with Crippen LogP contribution in [0.4, 0.5) is 0 Å². The first-order valence-corrected chi connectivity index (χ1v) is 12.1. The summed E-state index contributed by atoms with van der Waals surface area (Å²) in [6, 6.07) is 15.7. The minimum absolute atomic E-state index is 0.0362. The molecule has 0 aromatic heterocycles. The van der Waals surface area contributed by atoms with Gasteiger partial charge in [0.05, 0.1) is 11.2 Å². The minimum Gasteiger partial charge on any atom is -0.506 e. The lowest BCUT2D eigenvalue weighted by Crippen LogP contribution is -2.45. The molecule has 3 aromatic rings. The summed E-state index contributed by atoms with van der Waals surface area (Å²) in [5, 5.41) is 15.4. The third kappa shape index (κ3) is 5.95. The molecule has 2 amide bonds. The molecule has 4 rings (SSSR count). The van der Waals surface area contributed by atoms with E-state index >= 15 is 0 Å². The number of piperidine rings is 1. The van der Waals surface area contributed by atoms with E-state index in [1.807, 2.05) is 37.4 Å². The molecule has 8 nitrogen and oxygen atoms in total. The topological polar surface area (TPSA) is 94.5 Å². The van der Waals surface area contributed by atoms with Crippen molar-refractivity contribution in [3.63, 3.8) is 0 Å². The number of phenolic OH excluding ortho intramolecular Hbond substituents is 1. The van der Waals surface area contributed by atoms with Crippen molar-refractivity contribution in [1.82, 2.24) is 15.2 Å². The highest BCUT2D eigenvalue weighted by atomic mass is 35.5. The van der Waals surface area contributed by atoms with Gasteiger partial charge in [0.1, 0.15) is 11.5 Å². The molecule has 0 radical (unpaired) electrons. The number of fused-ring (bicyclic) bond motifs is 1. The smallest absolute Gasteiger partial charge is 0.271 e. The van der Waals surface area contributed by atoms with Gasteiger partial charge in [0.15, 0.2) is 6.61 Å². The first-order valence-electron chi connectivity index (χ1n) is 11.7. The van der Waals surface area contributed by atoms with Gasteiger partial charge in [-0.1, -0.05) is 35.9 Å². The average Bonchev–Trinajstić information content (AvgIpc) is 2.89. The molecule has 2 N–H and O–H groups in total. The lowest BCUT2D eigenvalue weighted by atomic mass is 10.0. The second kappa shape index (κ2) is 11.4. The number of carbonyl (C=O) groups excluding carboxylic acids is 2. The average molecular weight is 509 g/mol. The minimum atomic E-state index is -0.454. The number of hydrazone groups is 1. The maximum absolute atomic E-state index is 12.8. The van der Waals surface area contributed by atoms with Gasteiger partial charge in [0.2, 0.25) is 0 Å². The molecule has 1 heterocycles. The second-order valence-electron chi connectivity index (χ2n) is 8.89. The summed E-state index contributed by atoms with van der Waals surface area (Å²) in [5.74, 6) is 0.0114. The number of likely N-dealkylation sites (N-methyl/N-ethyl adjacent to an activating group) is 1. The van der Waals surface area contributed by atoms with E-state index in [2.05, 4.69) is 22.5 Å². The Kier molecular flexibility index (Phi) is 8.07. The Hall–Kier alpha value is -3.62. The number of amides is 2. The van der Waals surface area contributed by atoms with Crippen molar-refractivity contribution in [1.29, 1.82) is 0 Å². The standard InChI is InChI=1S/C27H29ClN4O4/c1-31-13-11-20(12-14-31)32(2)26(34)17-36-25-10-8-19(21-5-3-4-6-22(21)25)16-29-30-27(35)18-7-9-24(33)23(28)15-18/h3-10,15-16,20,33H,11-14,17H2,1-2H3,(H,30,35)/b29-16+. The molecule has 0 aliphatic carbocycles. The summed E-state index contributed by atoms with van der Waals surface area (Å²) in [6.45, 7) is 1.94. The molecule has 9 heteroatoms. The van der Waals surface area contributed by atoms with E-state index in [0.29, 0.717) is 5.75 Å². The Labute approximate surface area is 215 Å². The van der Waals surface area contributed by atoms with Crippen molar-refractivity contribution in [3.05, 3.63) is 70.7 Å². The van der Waals surface area contributed by atoms with E-state index in [1.54, 1.807) is 17.2 Å². The van der Waals surface area contributed by atoms with Crippen LogP contribution in [0.25, 0.3) is 10.8 Å². The molecule has 3 aromatic carbocycles. The van der Waals surface area contributed by atoms with E-state index in [4.69, 9.17) is 16.3 Å². The number of rotatable bonds is 7. The molecule has 0 bridgehead atoms. The van der Waals surface area contributed by atoms with Gasteiger partial charge in [-0.25, -0.2) is 5.43 Å². The second-order valence-corrected chi connectivity index (χ2v) is 9.30. The van der Waals surface area contributed by atoms with Crippen LogP contribution in [-0.4, -0.2) is 72.8 Å². The van der Waals surface area contributed by atoms with Crippen molar-refractivity contribution in [2.24, 2.45) is 5.10 Å². The quantitative estimate of drug-likeness (QED) is 0.373. The monoisotopic (exact) mass is 508 g/mol. The van der Waals surface area contributed by atoms with E-state index in [-0.39, 0.29) is 34.9 Å². The molecule has 1 aliphatic rings. The third-order valence-electron chi connectivity index (χ3n) is 6.48. The Balaban J connectivity index is 1.42. The molecule has 1 aliphatic heterocycles. The van der Waals surface area contributed by atoms with Gasteiger partial charge in [-0.05, 0) is 68.7 Å². The van der Waals surface area contributed by atoms with E-state index in [9.17, 15) is 14.7 Å². The maximum atomic E-state index is 12.8. The largest absolute Gasteiger partial charge is 0.506 e. The van der Waals surface area contributed by atoms with Crippen molar-refractivity contribution in [2.75, 3.05) is 33.8 Å². The highest BCUT2D eigenvalue weighted by Gasteiger charge is 2.24. The van der Waals surface area contributed by atoms with Gasteiger partial charge in [-0.2, -0.15) is 5.10 Å². The van der Waals surface area contributed by atoms with Crippen LogP contribution in [0.2, 0.25) is 5.02 Å². The molecule has 188 valence electrons. The molecule has 1 fully saturated rings. The van der Waals surface area contributed by atoms with E-state index < -0.39 is 5.91 Å². The number of halogens is 1. The number of phenols is 1.